The monoisotopic (exact) mass is 1600 g/mol. The predicted molar refractivity (Wildman–Crippen MR) is 527 cm³/mol. The van der Waals surface area contributed by atoms with Gasteiger partial charge in [0.15, 0.2) is 29.1 Å². The fraction of sp³-hybridized carbons (Fsp3) is 0. The zero-order valence-corrected chi connectivity index (χ0v) is 68.6. The van der Waals surface area contributed by atoms with Crippen LogP contribution in [0.25, 0.3) is 232 Å². The van der Waals surface area contributed by atoms with Crippen LogP contribution >= 0.6 is 0 Å². The second kappa shape index (κ2) is 33.3. The SMILES string of the molecule is c1ccc(-c2cc(-c3cccc(-c4ccc5c6ccccc6c6ccccc6c5c4)c3)nc(-c3ccccc3)n2)cc1.c1ccc(-c2cc(-c3ccccc3)nc(-c3cccc(-c4ccc5c6ccccc6c6ccccc6c5c4)c3)n2)cc1.c1ccc(-c2nc(-c3ccccc3)nc(-c3cccc(-c4ccc5c6ccccc6c6ccccc6c5c4)c3)n2)cc1. The lowest BCUT2D eigenvalue weighted by Gasteiger charge is -2.13. The van der Waals surface area contributed by atoms with Gasteiger partial charge in [-0.25, -0.2) is 34.9 Å². The molecular formula is C119H77N7. The molecule has 126 heavy (non-hydrogen) atoms. The molecule has 0 N–H and O–H groups in total. The Labute approximate surface area is 729 Å². The Morgan fingerprint density at radius 1 is 0.0873 bits per heavy atom. The van der Waals surface area contributed by atoms with Gasteiger partial charge < -0.3 is 0 Å². The molecule has 3 aromatic heterocycles. The van der Waals surface area contributed by atoms with Gasteiger partial charge in [0.25, 0.3) is 0 Å². The van der Waals surface area contributed by atoms with Crippen LogP contribution in [0.1, 0.15) is 0 Å². The molecule has 588 valence electrons. The molecule has 0 aliphatic carbocycles. The van der Waals surface area contributed by atoms with Crippen molar-refractivity contribution in [3.63, 3.8) is 0 Å². The molecule has 0 spiro atoms. The van der Waals surface area contributed by atoms with Crippen molar-refractivity contribution < 1.29 is 0 Å². The van der Waals surface area contributed by atoms with E-state index in [4.69, 9.17) is 34.9 Å². The van der Waals surface area contributed by atoms with Crippen molar-refractivity contribution in [2.75, 3.05) is 0 Å². The van der Waals surface area contributed by atoms with Gasteiger partial charge in [0.05, 0.1) is 22.8 Å². The van der Waals surface area contributed by atoms with Gasteiger partial charge in [-0.15, -0.1) is 0 Å². The fourth-order valence-electron chi connectivity index (χ4n) is 17.9. The van der Waals surface area contributed by atoms with E-state index in [-0.39, 0.29) is 0 Å². The highest BCUT2D eigenvalue weighted by molar-refractivity contribution is 6.28. The van der Waals surface area contributed by atoms with Crippen molar-refractivity contribution in [2.24, 2.45) is 0 Å². The summed E-state index contributed by atoms with van der Waals surface area (Å²) in [6.45, 7) is 0. The smallest absolute Gasteiger partial charge is 0.164 e. The number of rotatable bonds is 12. The highest BCUT2D eigenvalue weighted by Crippen LogP contribution is 2.43. The molecule has 0 unspecified atom stereocenters. The van der Waals surface area contributed by atoms with Gasteiger partial charge in [0, 0.05) is 50.1 Å². The van der Waals surface area contributed by atoms with Gasteiger partial charge in [0.1, 0.15) is 0 Å². The van der Waals surface area contributed by atoms with E-state index in [2.05, 4.69) is 334 Å². The van der Waals surface area contributed by atoms with E-state index in [1.807, 2.05) is 133 Å². The maximum atomic E-state index is 5.05. The summed E-state index contributed by atoms with van der Waals surface area (Å²) >= 11 is 0. The minimum Gasteiger partial charge on any atom is -0.228 e. The predicted octanol–water partition coefficient (Wildman–Crippen LogP) is 31.2. The van der Waals surface area contributed by atoms with Crippen LogP contribution in [0, 0.1) is 0 Å². The summed E-state index contributed by atoms with van der Waals surface area (Å²) in [5.41, 5.74) is 19.7. The van der Waals surface area contributed by atoms with Crippen LogP contribution in [-0.2, 0) is 0 Å². The number of hydrogen-bond donors (Lipinski definition) is 0. The van der Waals surface area contributed by atoms with Crippen LogP contribution in [0.15, 0.2) is 467 Å². The lowest BCUT2D eigenvalue weighted by Crippen LogP contribution is -2.00. The van der Waals surface area contributed by atoms with E-state index in [1.165, 1.54) is 108 Å². The second-order valence-electron chi connectivity index (χ2n) is 31.7. The topological polar surface area (TPSA) is 90.2 Å². The molecule has 0 amide bonds. The Bertz CT molecular complexity index is 7200. The number of benzene rings is 21. The third-order valence-electron chi connectivity index (χ3n) is 24.0. The minimum absolute atomic E-state index is 0.654. The molecule has 0 radical (unpaired) electrons. The molecule has 21 aromatic carbocycles. The van der Waals surface area contributed by atoms with Crippen LogP contribution in [0.4, 0.5) is 0 Å². The quantitative estimate of drug-likeness (QED) is 0.113. The van der Waals surface area contributed by atoms with Crippen molar-refractivity contribution in [2.45, 2.75) is 0 Å². The zero-order valence-electron chi connectivity index (χ0n) is 68.6. The third-order valence-corrected chi connectivity index (χ3v) is 24.0. The van der Waals surface area contributed by atoms with Crippen LogP contribution in [0.2, 0.25) is 0 Å². The lowest BCUT2D eigenvalue weighted by molar-refractivity contribution is 1.07. The Morgan fingerprint density at radius 2 is 0.254 bits per heavy atom. The van der Waals surface area contributed by atoms with Gasteiger partial charge in [-0.3, -0.25) is 0 Å². The second-order valence-corrected chi connectivity index (χ2v) is 31.7. The molecule has 7 nitrogen and oxygen atoms in total. The summed E-state index contributed by atoms with van der Waals surface area (Å²) in [5, 5.41) is 23.0. The molecule has 0 atom stereocenters. The van der Waals surface area contributed by atoms with Crippen LogP contribution < -0.4 is 0 Å². The summed E-state index contributed by atoms with van der Waals surface area (Å²) in [4.78, 5) is 34.8. The average molecular weight is 1600 g/mol. The van der Waals surface area contributed by atoms with E-state index in [9.17, 15) is 0 Å². The Balaban J connectivity index is 0.000000112. The van der Waals surface area contributed by atoms with Gasteiger partial charge in [-0.2, -0.15) is 0 Å². The number of fused-ring (bicyclic) bond motifs is 18. The number of aromatic nitrogens is 7. The first kappa shape index (κ1) is 75.3. The summed E-state index contributed by atoms with van der Waals surface area (Å²) in [6, 6.07) is 164. The van der Waals surface area contributed by atoms with Crippen LogP contribution in [0.3, 0.4) is 0 Å². The van der Waals surface area contributed by atoms with Crippen molar-refractivity contribution in [3.05, 3.63) is 467 Å². The molecule has 0 bridgehead atoms. The van der Waals surface area contributed by atoms with Crippen LogP contribution in [0.5, 0.6) is 0 Å². The maximum absolute atomic E-state index is 5.05. The number of hydrogen-bond acceptors (Lipinski definition) is 7. The Hall–Kier alpha value is -16.9. The fourth-order valence-corrected chi connectivity index (χ4v) is 17.9. The molecule has 7 heteroatoms. The summed E-state index contributed by atoms with van der Waals surface area (Å²) < 4.78 is 0. The lowest BCUT2D eigenvalue weighted by atomic mass is 9.91. The molecule has 24 aromatic rings. The largest absolute Gasteiger partial charge is 0.228 e. The highest BCUT2D eigenvalue weighted by atomic mass is 15.0. The first-order valence-electron chi connectivity index (χ1n) is 42.6. The molecule has 0 aliphatic rings. The van der Waals surface area contributed by atoms with E-state index < -0.39 is 0 Å². The first-order chi connectivity index (χ1) is 62.4. The normalized spacial score (nSPS) is 11.3. The summed E-state index contributed by atoms with van der Waals surface area (Å²) in [5.74, 6) is 3.42. The van der Waals surface area contributed by atoms with Gasteiger partial charge in [-0.1, -0.05) is 419 Å². The molecule has 0 aliphatic heterocycles. The van der Waals surface area contributed by atoms with Crippen molar-refractivity contribution in [3.8, 4) is 135 Å². The Kier molecular flexibility index (Phi) is 19.9. The summed E-state index contributed by atoms with van der Waals surface area (Å²) in [7, 11) is 0. The highest BCUT2D eigenvalue weighted by Gasteiger charge is 2.20. The van der Waals surface area contributed by atoms with E-state index >= 15 is 0 Å². The molecule has 0 fully saturated rings. The first-order valence-corrected chi connectivity index (χ1v) is 42.6. The molecule has 24 rings (SSSR count). The number of nitrogens with zero attached hydrogens (tertiary/aromatic N) is 7. The van der Waals surface area contributed by atoms with E-state index in [0.29, 0.717) is 23.3 Å². The third kappa shape index (κ3) is 14.7. The molecular weight excluding hydrogens is 1530 g/mol. The summed E-state index contributed by atoms with van der Waals surface area (Å²) in [6.07, 6.45) is 0. The van der Waals surface area contributed by atoms with E-state index in [0.717, 1.165) is 101 Å². The van der Waals surface area contributed by atoms with Gasteiger partial charge in [-0.05, 0) is 179 Å². The van der Waals surface area contributed by atoms with Crippen LogP contribution in [-0.4, -0.2) is 34.9 Å². The van der Waals surface area contributed by atoms with E-state index in [1.54, 1.807) is 0 Å². The molecule has 0 saturated carbocycles. The standard InChI is InChI=1S/2C40H26N2.C39H25N3/c1-3-12-27(13-4-1)38-26-39(42-40(41-38)28-14-5-2-6-15-28)31-17-11-16-29(24-31)30-22-23-36-34-20-8-7-18-32(34)33-19-9-10-21-35(33)37(36)25-30;1-3-12-27(13-4-1)38-26-39(28-14-5-2-6-15-28)42-40(41-38)31-17-11-16-29(24-31)30-22-23-36-34-20-8-7-18-32(34)33-19-9-10-21-35(33)37(36)25-30;1-3-12-26(13-4-1)37-40-38(27-14-5-2-6-15-27)42-39(41-37)30-17-11-16-28(24-30)29-22-23-35-33-20-8-7-18-31(33)32-19-9-10-21-34(32)36(35)25-29/h2*1-26H;1-25H. The van der Waals surface area contributed by atoms with Crippen molar-refractivity contribution in [1.29, 1.82) is 0 Å². The molecule has 0 saturated heterocycles. The minimum atomic E-state index is 0.654. The van der Waals surface area contributed by atoms with Crippen molar-refractivity contribution >= 4 is 97.0 Å². The average Bonchev–Trinajstić information content (AvgIpc) is 0.748. The maximum Gasteiger partial charge on any atom is 0.164 e. The van der Waals surface area contributed by atoms with Gasteiger partial charge in [0.2, 0.25) is 0 Å². The zero-order chi connectivity index (χ0) is 83.6. The Morgan fingerprint density at radius 3 is 0.524 bits per heavy atom. The molecule has 3 heterocycles. The van der Waals surface area contributed by atoms with Gasteiger partial charge >= 0.3 is 0 Å². The van der Waals surface area contributed by atoms with Crippen molar-refractivity contribution in [1.82, 2.24) is 34.9 Å².